The van der Waals surface area contributed by atoms with E-state index in [1.54, 1.807) is 36.0 Å². The van der Waals surface area contributed by atoms with Gasteiger partial charge in [-0.2, -0.15) is 11.8 Å². The zero-order chi connectivity index (χ0) is 14.3. The third-order valence-corrected chi connectivity index (χ3v) is 4.92. The minimum atomic E-state index is -3.53. The lowest BCUT2D eigenvalue weighted by atomic mass is 10.2. The van der Waals surface area contributed by atoms with Crippen LogP contribution in [-0.2, 0) is 10.0 Å². The van der Waals surface area contributed by atoms with E-state index < -0.39 is 10.0 Å². The quantitative estimate of drug-likeness (QED) is 0.796. The van der Waals surface area contributed by atoms with Gasteiger partial charge in [-0.25, -0.2) is 13.1 Å². The molecule has 0 heterocycles. The molecule has 0 saturated carbocycles. The first-order valence-electron chi connectivity index (χ1n) is 5.81. The van der Waals surface area contributed by atoms with Crippen molar-refractivity contribution in [2.75, 3.05) is 19.3 Å². The summed E-state index contributed by atoms with van der Waals surface area (Å²) in [6.45, 7) is 2.56. The number of sulfonamides is 1. The lowest BCUT2D eigenvalue weighted by Gasteiger charge is -2.11. The number of nitrogens with two attached hydrogens (primary N) is 1. The first-order valence-corrected chi connectivity index (χ1v) is 8.58. The topological polar surface area (TPSA) is 72.2 Å². The number of thioether (sulfide) groups is 1. The van der Waals surface area contributed by atoms with E-state index in [2.05, 4.69) is 16.6 Å². The molecule has 0 aliphatic carbocycles. The predicted octanol–water partition coefficient (Wildman–Crippen LogP) is 1.03. The van der Waals surface area contributed by atoms with Crippen molar-refractivity contribution >= 4 is 21.8 Å². The van der Waals surface area contributed by atoms with Crippen molar-refractivity contribution in [3.63, 3.8) is 0 Å². The summed E-state index contributed by atoms with van der Waals surface area (Å²) in [4.78, 5) is 0.198. The Morgan fingerprint density at radius 1 is 1.42 bits per heavy atom. The van der Waals surface area contributed by atoms with E-state index in [0.29, 0.717) is 12.1 Å². The van der Waals surface area contributed by atoms with Crippen molar-refractivity contribution in [2.24, 2.45) is 5.73 Å². The molecule has 1 unspecified atom stereocenters. The standard InChI is InChI=1S/C13H18N2O2S2/c1-11(18-2)10-15-19(16,17)13-8-4-3-6-12(13)7-5-9-14/h3-4,6,8,11,15H,9-10,14H2,1-2H3. The van der Waals surface area contributed by atoms with Crippen LogP contribution in [0.4, 0.5) is 0 Å². The normalized spacial score (nSPS) is 12.6. The van der Waals surface area contributed by atoms with Crippen LogP contribution in [-0.4, -0.2) is 33.0 Å². The Hall–Kier alpha value is -1.00. The molecule has 0 bridgehead atoms. The fourth-order valence-corrected chi connectivity index (χ4v) is 2.99. The minimum Gasteiger partial charge on any atom is -0.320 e. The molecule has 0 aromatic heterocycles. The predicted molar refractivity (Wildman–Crippen MR) is 80.5 cm³/mol. The Labute approximate surface area is 119 Å². The first-order chi connectivity index (χ1) is 9.01. The first kappa shape index (κ1) is 16.1. The van der Waals surface area contributed by atoms with Gasteiger partial charge in [0, 0.05) is 17.4 Å². The summed E-state index contributed by atoms with van der Waals surface area (Å²) >= 11 is 1.61. The maximum atomic E-state index is 12.2. The monoisotopic (exact) mass is 298 g/mol. The lowest BCUT2D eigenvalue weighted by molar-refractivity contribution is 0.581. The molecular formula is C13H18N2O2S2. The lowest BCUT2D eigenvalue weighted by Crippen LogP contribution is -2.30. The smallest absolute Gasteiger partial charge is 0.241 e. The molecule has 0 aliphatic heterocycles. The van der Waals surface area contributed by atoms with Gasteiger partial charge in [-0.3, -0.25) is 0 Å². The van der Waals surface area contributed by atoms with Crippen LogP contribution < -0.4 is 10.5 Å². The molecule has 1 aromatic carbocycles. The van der Waals surface area contributed by atoms with Crippen molar-refractivity contribution in [1.29, 1.82) is 0 Å². The molecule has 1 rings (SSSR count). The SMILES string of the molecule is CSC(C)CNS(=O)(=O)c1ccccc1C#CCN. The molecule has 4 nitrogen and oxygen atoms in total. The summed E-state index contributed by atoms with van der Waals surface area (Å²) in [5, 5.41) is 0.220. The van der Waals surface area contributed by atoms with Crippen molar-refractivity contribution in [3.05, 3.63) is 29.8 Å². The number of hydrogen-bond acceptors (Lipinski definition) is 4. The van der Waals surface area contributed by atoms with Gasteiger partial charge in [-0.1, -0.05) is 30.9 Å². The third kappa shape index (κ3) is 4.88. The van der Waals surface area contributed by atoms with Crippen LogP contribution in [0, 0.1) is 11.8 Å². The Bertz CT molecular complexity index is 574. The van der Waals surface area contributed by atoms with E-state index in [0.717, 1.165) is 0 Å². The maximum Gasteiger partial charge on any atom is 0.241 e. The Kier molecular flexibility index (Phi) is 6.38. The summed E-state index contributed by atoms with van der Waals surface area (Å²) in [5.74, 6) is 5.46. The molecule has 1 atom stereocenters. The van der Waals surface area contributed by atoms with Gasteiger partial charge in [0.2, 0.25) is 10.0 Å². The van der Waals surface area contributed by atoms with Gasteiger partial charge in [0.25, 0.3) is 0 Å². The zero-order valence-corrected chi connectivity index (χ0v) is 12.6. The van der Waals surface area contributed by atoms with Crippen LogP contribution in [0.15, 0.2) is 29.2 Å². The van der Waals surface area contributed by atoms with Gasteiger partial charge in [0.1, 0.15) is 0 Å². The average molecular weight is 298 g/mol. The summed E-state index contributed by atoms with van der Waals surface area (Å²) in [5.41, 5.74) is 5.78. The van der Waals surface area contributed by atoms with Crippen LogP contribution in [0.3, 0.4) is 0 Å². The van der Waals surface area contributed by atoms with Crippen LogP contribution >= 0.6 is 11.8 Å². The van der Waals surface area contributed by atoms with Gasteiger partial charge >= 0.3 is 0 Å². The summed E-state index contributed by atoms with van der Waals surface area (Å²) < 4.78 is 27.0. The van der Waals surface area contributed by atoms with Gasteiger partial charge < -0.3 is 5.73 Å². The number of hydrogen-bond donors (Lipinski definition) is 2. The average Bonchev–Trinajstić information content (AvgIpc) is 2.42. The van der Waals surface area contributed by atoms with Crippen molar-refractivity contribution in [2.45, 2.75) is 17.1 Å². The fraction of sp³-hybridized carbons (Fsp3) is 0.385. The second kappa shape index (κ2) is 7.56. The molecule has 0 fully saturated rings. The molecule has 0 saturated heterocycles. The van der Waals surface area contributed by atoms with Crippen molar-refractivity contribution in [3.8, 4) is 11.8 Å². The van der Waals surface area contributed by atoms with Crippen LogP contribution in [0.2, 0.25) is 0 Å². The van der Waals surface area contributed by atoms with Crippen LogP contribution in [0.5, 0.6) is 0 Å². The van der Waals surface area contributed by atoms with Crippen LogP contribution in [0.1, 0.15) is 12.5 Å². The number of benzene rings is 1. The zero-order valence-electron chi connectivity index (χ0n) is 11.0. The number of nitrogens with one attached hydrogen (secondary N) is 1. The summed E-state index contributed by atoms with van der Waals surface area (Å²) in [6.07, 6.45) is 1.94. The molecule has 1 aromatic rings. The van der Waals surface area contributed by atoms with E-state index >= 15 is 0 Å². The molecule has 3 N–H and O–H groups in total. The van der Waals surface area contributed by atoms with E-state index in [1.165, 1.54) is 0 Å². The Morgan fingerprint density at radius 3 is 2.74 bits per heavy atom. The second-order valence-electron chi connectivity index (χ2n) is 3.90. The second-order valence-corrected chi connectivity index (χ2v) is 6.91. The van der Waals surface area contributed by atoms with E-state index in [4.69, 9.17) is 5.73 Å². The summed E-state index contributed by atoms with van der Waals surface area (Å²) in [7, 11) is -3.53. The van der Waals surface area contributed by atoms with E-state index in [9.17, 15) is 8.42 Å². The summed E-state index contributed by atoms with van der Waals surface area (Å²) in [6, 6.07) is 6.66. The van der Waals surface area contributed by atoms with E-state index in [1.807, 2.05) is 13.2 Å². The highest BCUT2D eigenvalue weighted by Crippen LogP contribution is 2.14. The highest BCUT2D eigenvalue weighted by Gasteiger charge is 2.17. The highest BCUT2D eigenvalue weighted by atomic mass is 32.2. The molecule has 6 heteroatoms. The molecule has 0 amide bonds. The fourth-order valence-electron chi connectivity index (χ4n) is 1.34. The maximum absolute atomic E-state index is 12.2. The molecule has 0 aliphatic rings. The third-order valence-electron chi connectivity index (χ3n) is 2.46. The van der Waals surface area contributed by atoms with Gasteiger partial charge in [-0.05, 0) is 18.4 Å². The largest absolute Gasteiger partial charge is 0.320 e. The highest BCUT2D eigenvalue weighted by molar-refractivity contribution is 7.99. The van der Waals surface area contributed by atoms with Gasteiger partial charge in [-0.15, -0.1) is 0 Å². The Balaban J connectivity index is 3.01. The van der Waals surface area contributed by atoms with Crippen molar-refractivity contribution < 1.29 is 8.42 Å². The Morgan fingerprint density at radius 2 is 2.11 bits per heavy atom. The van der Waals surface area contributed by atoms with Crippen LogP contribution in [0.25, 0.3) is 0 Å². The van der Waals surface area contributed by atoms with Crippen molar-refractivity contribution in [1.82, 2.24) is 4.72 Å². The van der Waals surface area contributed by atoms with Gasteiger partial charge in [0.05, 0.1) is 11.4 Å². The number of rotatable bonds is 5. The molecule has 19 heavy (non-hydrogen) atoms. The van der Waals surface area contributed by atoms with Gasteiger partial charge in [0.15, 0.2) is 0 Å². The molecular weight excluding hydrogens is 280 g/mol. The molecule has 0 radical (unpaired) electrons. The minimum absolute atomic E-state index is 0.198. The molecule has 104 valence electrons. The molecule has 0 spiro atoms. The van der Waals surface area contributed by atoms with E-state index in [-0.39, 0.29) is 16.7 Å².